The molecule has 2 aromatic rings. The van der Waals surface area contributed by atoms with Crippen LogP contribution in [0.4, 0.5) is 11.4 Å². The summed E-state index contributed by atoms with van der Waals surface area (Å²) in [6, 6.07) is 15.0. The second-order valence-electron chi connectivity index (χ2n) is 6.06. The topological polar surface area (TPSA) is 49.4 Å². The number of aryl methyl sites for hydroxylation is 1. The predicted octanol–water partition coefficient (Wildman–Crippen LogP) is 4.02. The zero-order valence-corrected chi connectivity index (χ0v) is 13.9. The summed E-state index contributed by atoms with van der Waals surface area (Å²) in [5.74, 6) is 0.0716. The molecule has 2 amide bonds. The molecular weight excluding hydrogens is 300 g/mol. The Kier molecular flexibility index (Phi) is 4.94. The van der Waals surface area contributed by atoms with E-state index in [-0.39, 0.29) is 11.8 Å². The predicted molar refractivity (Wildman–Crippen MR) is 96.4 cm³/mol. The molecule has 3 rings (SSSR count). The molecule has 0 saturated carbocycles. The van der Waals surface area contributed by atoms with E-state index < -0.39 is 0 Å². The molecule has 1 N–H and O–H groups in total. The summed E-state index contributed by atoms with van der Waals surface area (Å²) in [6.45, 7) is 2.88. The summed E-state index contributed by atoms with van der Waals surface area (Å²) < 4.78 is 0. The van der Waals surface area contributed by atoms with Gasteiger partial charge in [-0.1, -0.05) is 31.5 Å². The second kappa shape index (κ2) is 7.30. The van der Waals surface area contributed by atoms with Crippen molar-refractivity contribution in [2.75, 3.05) is 16.8 Å². The Hall–Kier alpha value is -2.62. The molecule has 2 aromatic carbocycles. The van der Waals surface area contributed by atoms with E-state index in [0.29, 0.717) is 12.0 Å². The maximum Gasteiger partial charge on any atom is 0.255 e. The fourth-order valence-electron chi connectivity index (χ4n) is 2.99. The molecule has 1 aliphatic rings. The van der Waals surface area contributed by atoms with Crippen molar-refractivity contribution in [3.8, 4) is 0 Å². The van der Waals surface area contributed by atoms with Crippen molar-refractivity contribution in [3.63, 3.8) is 0 Å². The fraction of sp³-hybridized carbons (Fsp3) is 0.300. The molecule has 1 aliphatic heterocycles. The molecule has 4 heteroatoms. The van der Waals surface area contributed by atoms with Gasteiger partial charge in [-0.15, -0.1) is 0 Å². The van der Waals surface area contributed by atoms with Crippen LogP contribution in [0.5, 0.6) is 0 Å². The molecule has 1 heterocycles. The zero-order chi connectivity index (χ0) is 16.9. The molecule has 24 heavy (non-hydrogen) atoms. The molecule has 0 atom stereocenters. The Balaban J connectivity index is 1.79. The van der Waals surface area contributed by atoms with Crippen molar-refractivity contribution in [1.29, 1.82) is 0 Å². The van der Waals surface area contributed by atoms with Crippen molar-refractivity contribution in [3.05, 3.63) is 59.7 Å². The van der Waals surface area contributed by atoms with Gasteiger partial charge in [-0.2, -0.15) is 0 Å². The van der Waals surface area contributed by atoms with E-state index in [2.05, 4.69) is 12.2 Å². The lowest BCUT2D eigenvalue weighted by Gasteiger charge is -2.29. The number of nitrogens with zero attached hydrogens (tertiary/aromatic N) is 1. The van der Waals surface area contributed by atoms with Gasteiger partial charge in [0.05, 0.1) is 0 Å². The van der Waals surface area contributed by atoms with Crippen LogP contribution in [0.1, 0.15) is 42.1 Å². The van der Waals surface area contributed by atoms with Gasteiger partial charge in [0.15, 0.2) is 0 Å². The Morgan fingerprint density at radius 1 is 1.12 bits per heavy atom. The number of fused-ring (bicyclic) bond motifs is 1. The second-order valence-corrected chi connectivity index (χ2v) is 6.06. The maximum atomic E-state index is 12.3. The monoisotopic (exact) mass is 322 g/mol. The first-order chi connectivity index (χ1) is 11.7. The van der Waals surface area contributed by atoms with Gasteiger partial charge in [-0.25, -0.2) is 0 Å². The lowest BCUT2D eigenvalue weighted by molar-refractivity contribution is -0.118. The first-order valence-electron chi connectivity index (χ1n) is 8.48. The largest absolute Gasteiger partial charge is 0.322 e. The Bertz CT molecular complexity index is 741. The number of carbonyl (C=O) groups is 2. The van der Waals surface area contributed by atoms with Crippen LogP contribution in [-0.4, -0.2) is 18.4 Å². The van der Waals surface area contributed by atoms with Crippen LogP contribution in [0, 0.1) is 0 Å². The first-order valence-corrected chi connectivity index (χ1v) is 8.48. The van der Waals surface area contributed by atoms with E-state index in [1.54, 1.807) is 12.1 Å². The SMILES string of the molecule is CCCCN1C(=O)CCc2cc(NC(=O)c3ccccc3)ccc21. The normalized spacial score (nSPS) is 13.5. The number of rotatable bonds is 5. The van der Waals surface area contributed by atoms with Crippen molar-refractivity contribution in [2.24, 2.45) is 0 Å². The van der Waals surface area contributed by atoms with Crippen LogP contribution in [0.2, 0.25) is 0 Å². The average molecular weight is 322 g/mol. The molecule has 0 unspecified atom stereocenters. The first kappa shape index (κ1) is 16.2. The molecule has 0 aromatic heterocycles. The standard InChI is InChI=1S/C20H22N2O2/c1-2-3-13-22-18-11-10-17(14-16(18)9-12-19(22)23)21-20(24)15-7-5-4-6-8-15/h4-8,10-11,14H,2-3,9,12-13H2,1H3,(H,21,24). The van der Waals surface area contributed by atoms with Gasteiger partial charge in [0.1, 0.15) is 0 Å². The summed E-state index contributed by atoms with van der Waals surface area (Å²) in [4.78, 5) is 26.3. The van der Waals surface area contributed by atoms with Crippen LogP contribution < -0.4 is 10.2 Å². The van der Waals surface area contributed by atoms with Crippen LogP contribution in [0.3, 0.4) is 0 Å². The highest BCUT2D eigenvalue weighted by atomic mass is 16.2. The van der Waals surface area contributed by atoms with Crippen LogP contribution >= 0.6 is 0 Å². The fourth-order valence-corrected chi connectivity index (χ4v) is 2.99. The molecule has 0 fully saturated rings. The van der Waals surface area contributed by atoms with Crippen molar-refractivity contribution >= 4 is 23.2 Å². The summed E-state index contributed by atoms with van der Waals surface area (Å²) in [6.07, 6.45) is 3.32. The Morgan fingerprint density at radius 3 is 2.67 bits per heavy atom. The summed E-state index contributed by atoms with van der Waals surface area (Å²) in [5, 5.41) is 2.94. The van der Waals surface area contributed by atoms with E-state index >= 15 is 0 Å². The summed E-state index contributed by atoms with van der Waals surface area (Å²) >= 11 is 0. The molecular formula is C20H22N2O2. The highest BCUT2D eigenvalue weighted by Crippen LogP contribution is 2.30. The Morgan fingerprint density at radius 2 is 1.92 bits per heavy atom. The van der Waals surface area contributed by atoms with Gasteiger partial charge in [-0.05, 0) is 48.7 Å². The minimum Gasteiger partial charge on any atom is -0.322 e. The third-order valence-electron chi connectivity index (χ3n) is 4.31. The van der Waals surface area contributed by atoms with E-state index in [9.17, 15) is 9.59 Å². The molecule has 0 bridgehead atoms. The average Bonchev–Trinajstić information content (AvgIpc) is 2.61. The van der Waals surface area contributed by atoms with Gasteiger partial charge in [0, 0.05) is 29.9 Å². The Labute approximate surface area is 142 Å². The maximum absolute atomic E-state index is 12.3. The van der Waals surface area contributed by atoms with Gasteiger partial charge in [0.25, 0.3) is 5.91 Å². The highest BCUT2D eigenvalue weighted by Gasteiger charge is 2.23. The number of hydrogen-bond acceptors (Lipinski definition) is 2. The molecule has 0 radical (unpaired) electrons. The quantitative estimate of drug-likeness (QED) is 0.904. The van der Waals surface area contributed by atoms with E-state index in [1.807, 2.05) is 41.3 Å². The number of unbranched alkanes of at least 4 members (excludes halogenated alkanes) is 1. The van der Waals surface area contributed by atoms with Gasteiger partial charge in [-0.3, -0.25) is 9.59 Å². The number of carbonyl (C=O) groups excluding carboxylic acids is 2. The van der Waals surface area contributed by atoms with Crippen LogP contribution in [0.15, 0.2) is 48.5 Å². The molecule has 0 saturated heterocycles. The lowest BCUT2D eigenvalue weighted by Crippen LogP contribution is -2.35. The van der Waals surface area contributed by atoms with Crippen molar-refractivity contribution in [2.45, 2.75) is 32.6 Å². The lowest BCUT2D eigenvalue weighted by atomic mass is 10.00. The minimum absolute atomic E-state index is 0.120. The number of hydrogen-bond donors (Lipinski definition) is 1. The third kappa shape index (κ3) is 3.48. The number of amides is 2. The highest BCUT2D eigenvalue weighted by molar-refractivity contribution is 6.04. The van der Waals surface area contributed by atoms with Crippen LogP contribution in [0.25, 0.3) is 0 Å². The molecule has 0 aliphatic carbocycles. The number of nitrogens with one attached hydrogen (secondary N) is 1. The minimum atomic E-state index is -0.120. The van der Waals surface area contributed by atoms with Crippen molar-refractivity contribution < 1.29 is 9.59 Å². The smallest absolute Gasteiger partial charge is 0.255 e. The third-order valence-corrected chi connectivity index (χ3v) is 4.31. The van der Waals surface area contributed by atoms with E-state index in [0.717, 1.165) is 42.7 Å². The van der Waals surface area contributed by atoms with E-state index in [4.69, 9.17) is 0 Å². The summed E-state index contributed by atoms with van der Waals surface area (Å²) in [7, 11) is 0. The number of benzene rings is 2. The zero-order valence-electron chi connectivity index (χ0n) is 13.9. The number of anilines is 2. The van der Waals surface area contributed by atoms with Crippen LogP contribution in [-0.2, 0) is 11.2 Å². The van der Waals surface area contributed by atoms with Gasteiger partial charge in [0.2, 0.25) is 5.91 Å². The summed E-state index contributed by atoms with van der Waals surface area (Å²) in [5.41, 5.74) is 3.51. The van der Waals surface area contributed by atoms with E-state index in [1.165, 1.54) is 0 Å². The molecule has 0 spiro atoms. The van der Waals surface area contributed by atoms with Gasteiger partial charge >= 0.3 is 0 Å². The molecule has 4 nitrogen and oxygen atoms in total. The van der Waals surface area contributed by atoms with Gasteiger partial charge < -0.3 is 10.2 Å². The molecule has 124 valence electrons. The van der Waals surface area contributed by atoms with Crippen molar-refractivity contribution in [1.82, 2.24) is 0 Å².